The fraction of sp³-hybridized carbons (Fsp3) is 0.400. The summed E-state index contributed by atoms with van der Waals surface area (Å²) in [4.78, 5) is 7.95. The molecule has 3 heterocycles. The van der Waals surface area contributed by atoms with Gasteiger partial charge in [-0.25, -0.2) is 0 Å². The second-order valence-electron chi connectivity index (χ2n) is 5.02. The maximum absolute atomic E-state index is 5.36. The van der Waals surface area contributed by atoms with Gasteiger partial charge in [0.25, 0.3) is 0 Å². The fourth-order valence-electron chi connectivity index (χ4n) is 2.66. The molecule has 2 aromatic heterocycles. The van der Waals surface area contributed by atoms with Crippen molar-refractivity contribution in [3.05, 3.63) is 45.5 Å². The largest absolute Gasteiger partial charge is 0.486 e. The van der Waals surface area contributed by atoms with Gasteiger partial charge in [0.1, 0.15) is 0 Å². The lowest BCUT2D eigenvalue weighted by Gasteiger charge is -2.36. The number of rotatable bonds is 4. The SMILES string of the molecule is COc1sc(CN2CCNCC2c2ccncc2)cc1Br.Cl. The molecule has 1 saturated heterocycles. The monoisotopic (exact) mass is 403 g/mol. The van der Waals surface area contributed by atoms with Gasteiger partial charge in [0.2, 0.25) is 0 Å². The number of nitrogens with one attached hydrogen (secondary N) is 1. The van der Waals surface area contributed by atoms with Crippen molar-refractivity contribution in [2.45, 2.75) is 12.6 Å². The van der Waals surface area contributed by atoms with E-state index in [4.69, 9.17) is 4.74 Å². The standard InChI is InChI=1S/C15H18BrN3OS.ClH/c1-20-15-13(16)8-12(21-15)10-19-7-6-18-9-14(19)11-2-4-17-5-3-11;/h2-5,8,14,18H,6-7,9-10H2,1H3;1H. The summed E-state index contributed by atoms with van der Waals surface area (Å²) in [7, 11) is 1.71. The molecular formula is C15H19BrClN3OS. The number of pyridine rings is 1. The van der Waals surface area contributed by atoms with E-state index in [9.17, 15) is 0 Å². The summed E-state index contributed by atoms with van der Waals surface area (Å²) in [5.74, 6) is 0. The lowest BCUT2D eigenvalue weighted by Crippen LogP contribution is -2.45. The predicted molar refractivity (Wildman–Crippen MR) is 96.1 cm³/mol. The Morgan fingerprint density at radius 3 is 2.91 bits per heavy atom. The Bertz CT molecular complexity index is 596. The molecular weight excluding hydrogens is 386 g/mol. The van der Waals surface area contributed by atoms with Crippen LogP contribution in [0.5, 0.6) is 5.06 Å². The summed E-state index contributed by atoms with van der Waals surface area (Å²) in [6.45, 7) is 4.01. The van der Waals surface area contributed by atoms with Gasteiger partial charge in [-0.05, 0) is 39.7 Å². The average molecular weight is 405 g/mol. The van der Waals surface area contributed by atoms with E-state index in [1.165, 1.54) is 10.4 Å². The Morgan fingerprint density at radius 1 is 1.45 bits per heavy atom. The van der Waals surface area contributed by atoms with Crippen molar-refractivity contribution in [2.24, 2.45) is 0 Å². The van der Waals surface area contributed by atoms with Crippen LogP contribution < -0.4 is 10.1 Å². The third-order valence-electron chi connectivity index (χ3n) is 3.70. The van der Waals surface area contributed by atoms with Crippen LogP contribution in [0.15, 0.2) is 35.1 Å². The highest BCUT2D eigenvalue weighted by Crippen LogP contribution is 2.36. The van der Waals surface area contributed by atoms with Crippen molar-refractivity contribution >= 4 is 39.7 Å². The van der Waals surface area contributed by atoms with Crippen LogP contribution in [0.1, 0.15) is 16.5 Å². The summed E-state index contributed by atoms with van der Waals surface area (Å²) in [6, 6.07) is 6.77. The van der Waals surface area contributed by atoms with Crippen LogP contribution in [-0.4, -0.2) is 36.6 Å². The first-order valence-corrected chi connectivity index (χ1v) is 8.56. The van der Waals surface area contributed by atoms with Gasteiger partial charge in [-0.1, -0.05) is 0 Å². The van der Waals surface area contributed by atoms with Crippen molar-refractivity contribution in [2.75, 3.05) is 26.7 Å². The number of nitrogens with zero attached hydrogens (tertiary/aromatic N) is 2. The second-order valence-corrected chi connectivity index (χ2v) is 6.98. The quantitative estimate of drug-likeness (QED) is 0.846. The molecule has 1 N–H and O–H groups in total. The van der Waals surface area contributed by atoms with E-state index < -0.39 is 0 Å². The van der Waals surface area contributed by atoms with E-state index in [1.54, 1.807) is 18.4 Å². The first-order chi connectivity index (χ1) is 10.3. The molecule has 4 nitrogen and oxygen atoms in total. The molecule has 7 heteroatoms. The Balaban J connectivity index is 0.00000176. The van der Waals surface area contributed by atoms with Gasteiger partial charge in [-0.3, -0.25) is 9.88 Å². The molecule has 1 unspecified atom stereocenters. The maximum Gasteiger partial charge on any atom is 0.188 e. The number of aromatic nitrogens is 1. The van der Waals surface area contributed by atoms with Gasteiger partial charge in [-0.2, -0.15) is 0 Å². The summed E-state index contributed by atoms with van der Waals surface area (Å²) in [6.07, 6.45) is 3.74. The molecule has 0 amide bonds. The molecule has 0 aliphatic carbocycles. The summed E-state index contributed by atoms with van der Waals surface area (Å²) < 4.78 is 6.40. The van der Waals surface area contributed by atoms with E-state index >= 15 is 0 Å². The van der Waals surface area contributed by atoms with Crippen molar-refractivity contribution in [1.29, 1.82) is 0 Å². The second kappa shape index (κ2) is 8.26. The minimum Gasteiger partial charge on any atom is -0.486 e. The molecule has 3 rings (SSSR count). The number of thiophene rings is 1. The maximum atomic E-state index is 5.36. The Kier molecular flexibility index (Phi) is 6.65. The highest BCUT2D eigenvalue weighted by molar-refractivity contribution is 9.10. The van der Waals surface area contributed by atoms with E-state index in [0.29, 0.717) is 6.04 Å². The lowest BCUT2D eigenvalue weighted by molar-refractivity contribution is 0.155. The number of piperazine rings is 1. The zero-order valence-electron chi connectivity index (χ0n) is 12.3. The molecule has 0 aromatic carbocycles. The van der Waals surface area contributed by atoms with Crippen LogP contribution in [0.25, 0.3) is 0 Å². The first-order valence-electron chi connectivity index (χ1n) is 6.95. The van der Waals surface area contributed by atoms with Gasteiger partial charge in [0.15, 0.2) is 5.06 Å². The number of hydrogen-bond donors (Lipinski definition) is 1. The number of halogens is 2. The summed E-state index contributed by atoms with van der Waals surface area (Å²) in [5, 5.41) is 4.43. The lowest BCUT2D eigenvalue weighted by atomic mass is 10.0. The molecule has 22 heavy (non-hydrogen) atoms. The minimum absolute atomic E-state index is 0. The zero-order chi connectivity index (χ0) is 14.7. The van der Waals surface area contributed by atoms with Gasteiger partial charge in [-0.15, -0.1) is 23.7 Å². The fourth-order valence-corrected chi connectivity index (χ4v) is 4.38. The van der Waals surface area contributed by atoms with E-state index in [2.05, 4.69) is 49.3 Å². The van der Waals surface area contributed by atoms with Crippen molar-refractivity contribution in [3.63, 3.8) is 0 Å². The van der Waals surface area contributed by atoms with Crippen LogP contribution >= 0.6 is 39.7 Å². The first kappa shape index (κ1) is 17.7. The van der Waals surface area contributed by atoms with Crippen molar-refractivity contribution < 1.29 is 4.74 Å². The average Bonchev–Trinajstić information content (AvgIpc) is 2.88. The smallest absolute Gasteiger partial charge is 0.188 e. The Labute approximate surface area is 149 Å². The van der Waals surface area contributed by atoms with E-state index in [1.807, 2.05) is 12.4 Å². The molecule has 2 aromatic rings. The third kappa shape index (κ3) is 4.00. The third-order valence-corrected chi connectivity index (χ3v) is 5.63. The molecule has 120 valence electrons. The molecule has 1 aliphatic rings. The summed E-state index contributed by atoms with van der Waals surface area (Å²) >= 11 is 5.26. The van der Waals surface area contributed by atoms with Gasteiger partial charge < -0.3 is 10.1 Å². The number of ether oxygens (including phenoxy) is 1. The van der Waals surface area contributed by atoms with Crippen LogP contribution in [0.2, 0.25) is 0 Å². The molecule has 0 spiro atoms. The van der Waals surface area contributed by atoms with Crippen LogP contribution in [0.4, 0.5) is 0 Å². The number of hydrogen-bond acceptors (Lipinski definition) is 5. The Morgan fingerprint density at radius 2 is 2.23 bits per heavy atom. The molecule has 1 fully saturated rings. The van der Waals surface area contributed by atoms with Crippen LogP contribution in [0.3, 0.4) is 0 Å². The van der Waals surface area contributed by atoms with E-state index in [0.717, 1.165) is 35.7 Å². The minimum atomic E-state index is 0. The topological polar surface area (TPSA) is 37.4 Å². The van der Waals surface area contributed by atoms with Crippen molar-refractivity contribution in [1.82, 2.24) is 15.2 Å². The van der Waals surface area contributed by atoms with Crippen LogP contribution in [-0.2, 0) is 6.54 Å². The number of methoxy groups -OCH3 is 1. The van der Waals surface area contributed by atoms with Gasteiger partial charge in [0.05, 0.1) is 11.6 Å². The van der Waals surface area contributed by atoms with Gasteiger partial charge in [0, 0.05) is 49.5 Å². The summed E-state index contributed by atoms with van der Waals surface area (Å²) in [5.41, 5.74) is 1.32. The van der Waals surface area contributed by atoms with Crippen molar-refractivity contribution in [3.8, 4) is 5.06 Å². The molecule has 1 atom stereocenters. The van der Waals surface area contributed by atoms with Crippen LogP contribution in [0, 0.1) is 0 Å². The molecule has 1 aliphatic heterocycles. The normalized spacial score (nSPS) is 18.7. The highest BCUT2D eigenvalue weighted by Gasteiger charge is 2.24. The molecule has 0 bridgehead atoms. The molecule has 0 radical (unpaired) electrons. The molecule has 0 saturated carbocycles. The highest BCUT2D eigenvalue weighted by atomic mass is 79.9. The predicted octanol–water partition coefficient (Wildman–Crippen LogP) is 3.48. The van der Waals surface area contributed by atoms with E-state index in [-0.39, 0.29) is 12.4 Å². The Hall–Kier alpha value is -0.660. The van der Waals surface area contributed by atoms with Gasteiger partial charge >= 0.3 is 0 Å². The zero-order valence-corrected chi connectivity index (χ0v) is 15.5.